The molecule has 8 nitrogen and oxygen atoms in total. The Morgan fingerprint density at radius 2 is 1.65 bits per heavy atom. The number of pyridine rings is 1. The molecule has 9 heteroatoms. The SMILES string of the molecule is CC(C)(C)OC(=O)N1CCC(OC2CC(Oc3ccc(B4OC(C)(C)C(C)(C)O4)cn3)C2)CC1. The van der Waals surface area contributed by atoms with Crippen molar-refractivity contribution in [3.8, 4) is 5.88 Å². The first-order valence-corrected chi connectivity index (χ1v) is 12.4. The molecule has 2 aliphatic heterocycles. The van der Waals surface area contributed by atoms with Crippen molar-refractivity contribution in [1.82, 2.24) is 9.88 Å². The summed E-state index contributed by atoms with van der Waals surface area (Å²) in [6.45, 7) is 15.2. The van der Waals surface area contributed by atoms with Gasteiger partial charge in [0.25, 0.3) is 0 Å². The monoisotopic (exact) mass is 474 g/mol. The number of rotatable bonds is 5. The number of ether oxygens (including phenoxy) is 3. The number of aromatic nitrogens is 1. The lowest BCUT2D eigenvalue weighted by Crippen LogP contribution is -2.46. The van der Waals surface area contributed by atoms with Crippen molar-refractivity contribution < 1.29 is 28.3 Å². The second kappa shape index (κ2) is 9.32. The van der Waals surface area contributed by atoms with Crippen molar-refractivity contribution in [2.45, 2.75) is 109 Å². The maximum absolute atomic E-state index is 12.2. The molecule has 1 aromatic rings. The Labute approximate surface area is 203 Å². The lowest BCUT2D eigenvalue weighted by molar-refractivity contribution is -0.110. The zero-order valence-electron chi connectivity index (χ0n) is 21.6. The van der Waals surface area contributed by atoms with Crippen molar-refractivity contribution in [3.05, 3.63) is 18.3 Å². The van der Waals surface area contributed by atoms with Crippen molar-refractivity contribution in [2.75, 3.05) is 13.1 Å². The van der Waals surface area contributed by atoms with Crippen molar-refractivity contribution >= 4 is 18.7 Å². The average Bonchev–Trinajstić information content (AvgIpc) is 2.93. The number of carbonyl (C=O) groups is 1. The Hall–Kier alpha value is -1.84. The molecule has 1 saturated carbocycles. The van der Waals surface area contributed by atoms with Crippen molar-refractivity contribution in [2.24, 2.45) is 0 Å². The molecule has 0 unspecified atom stereocenters. The van der Waals surface area contributed by atoms with Gasteiger partial charge >= 0.3 is 13.2 Å². The van der Waals surface area contributed by atoms with E-state index in [9.17, 15) is 4.79 Å². The Morgan fingerprint density at radius 3 is 2.18 bits per heavy atom. The van der Waals surface area contributed by atoms with Crippen molar-refractivity contribution in [1.29, 1.82) is 0 Å². The average molecular weight is 474 g/mol. The Kier molecular flexibility index (Phi) is 6.92. The molecule has 1 aromatic heterocycles. The van der Waals surface area contributed by atoms with Crippen LogP contribution in [0.3, 0.4) is 0 Å². The van der Waals surface area contributed by atoms with Gasteiger partial charge < -0.3 is 28.4 Å². The highest BCUT2D eigenvalue weighted by molar-refractivity contribution is 6.62. The minimum Gasteiger partial charge on any atom is -0.474 e. The van der Waals surface area contributed by atoms with Gasteiger partial charge in [0.05, 0.1) is 23.4 Å². The zero-order valence-corrected chi connectivity index (χ0v) is 21.6. The summed E-state index contributed by atoms with van der Waals surface area (Å²) in [6.07, 6.45) is 5.41. The zero-order chi connectivity index (χ0) is 24.7. The molecular formula is C25H39BN2O6. The molecule has 1 aliphatic carbocycles. The number of likely N-dealkylation sites (tertiary alicyclic amines) is 1. The van der Waals surface area contributed by atoms with Crippen LogP contribution >= 0.6 is 0 Å². The van der Waals surface area contributed by atoms with Gasteiger partial charge in [-0.3, -0.25) is 0 Å². The van der Waals surface area contributed by atoms with E-state index in [1.54, 1.807) is 11.1 Å². The third kappa shape index (κ3) is 5.86. The van der Waals surface area contributed by atoms with Crippen LogP contribution in [0.25, 0.3) is 0 Å². The highest BCUT2D eigenvalue weighted by Gasteiger charge is 2.51. The first-order valence-electron chi connectivity index (χ1n) is 12.4. The lowest BCUT2D eigenvalue weighted by atomic mass is 9.80. The second-order valence-corrected chi connectivity index (χ2v) is 11.7. The molecule has 3 aliphatic rings. The van der Waals surface area contributed by atoms with E-state index >= 15 is 0 Å². The van der Waals surface area contributed by atoms with E-state index in [-0.39, 0.29) is 35.6 Å². The number of amides is 1. The molecule has 2 saturated heterocycles. The highest BCUT2D eigenvalue weighted by Crippen LogP contribution is 2.36. The number of nitrogens with zero attached hydrogens (tertiary/aromatic N) is 2. The normalized spacial score (nSPS) is 26.8. The fourth-order valence-electron chi connectivity index (χ4n) is 4.25. The van der Waals surface area contributed by atoms with Crippen LogP contribution in [0.15, 0.2) is 18.3 Å². The highest BCUT2D eigenvalue weighted by atomic mass is 16.7. The second-order valence-electron chi connectivity index (χ2n) is 11.7. The van der Waals surface area contributed by atoms with Crippen LogP contribution in [0.4, 0.5) is 4.79 Å². The minimum atomic E-state index is -0.466. The summed E-state index contributed by atoms with van der Waals surface area (Å²) in [4.78, 5) is 18.4. The van der Waals surface area contributed by atoms with E-state index < -0.39 is 12.7 Å². The Bertz CT molecular complexity index is 839. The summed E-state index contributed by atoms with van der Waals surface area (Å²) in [5.74, 6) is 0.606. The van der Waals surface area contributed by atoms with Crippen molar-refractivity contribution in [3.63, 3.8) is 0 Å². The summed E-state index contributed by atoms with van der Waals surface area (Å²) in [5.41, 5.74) is -0.328. The molecule has 0 bridgehead atoms. The summed E-state index contributed by atoms with van der Waals surface area (Å²) < 4.78 is 29.9. The summed E-state index contributed by atoms with van der Waals surface area (Å²) in [6, 6.07) is 3.83. The fraction of sp³-hybridized carbons (Fsp3) is 0.760. The predicted octanol–water partition coefficient (Wildman–Crippen LogP) is 3.71. The topological polar surface area (TPSA) is 79.4 Å². The van der Waals surface area contributed by atoms with E-state index in [0.29, 0.717) is 19.0 Å². The lowest BCUT2D eigenvalue weighted by Gasteiger charge is -2.39. The number of hydrogen-bond donors (Lipinski definition) is 0. The molecule has 34 heavy (non-hydrogen) atoms. The quantitative estimate of drug-likeness (QED) is 0.602. The Morgan fingerprint density at radius 1 is 1.03 bits per heavy atom. The number of carbonyl (C=O) groups excluding carboxylic acids is 1. The van der Waals surface area contributed by atoms with Gasteiger partial charge in [0.15, 0.2) is 0 Å². The number of hydrogen-bond acceptors (Lipinski definition) is 7. The van der Waals surface area contributed by atoms with Gasteiger partial charge in [0.2, 0.25) is 5.88 Å². The van der Waals surface area contributed by atoms with E-state index in [2.05, 4.69) is 4.98 Å². The van der Waals surface area contributed by atoms with E-state index in [0.717, 1.165) is 31.1 Å². The molecule has 3 fully saturated rings. The molecule has 188 valence electrons. The standard InChI is InChI=1S/C25H39BN2O6/c1-23(2,3)32-22(29)28-12-10-18(11-13-28)30-19-14-20(15-19)31-21-9-8-17(16-27-21)26-33-24(4,5)25(6,7)34-26/h8-9,16,18-20H,10-15H2,1-7H3. The summed E-state index contributed by atoms with van der Waals surface area (Å²) >= 11 is 0. The molecule has 0 aromatic carbocycles. The molecule has 0 N–H and O–H groups in total. The molecule has 0 atom stereocenters. The Balaban J connectivity index is 1.16. The smallest absolute Gasteiger partial charge is 0.474 e. The third-order valence-electron chi connectivity index (χ3n) is 7.10. The van der Waals surface area contributed by atoms with Gasteiger partial charge in [0, 0.05) is 37.6 Å². The van der Waals surface area contributed by atoms with Crippen LogP contribution in [-0.2, 0) is 18.8 Å². The first kappa shape index (κ1) is 25.3. The van der Waals surface area contributed by atoms with Gasteiger partial charge in [-0.1, -0.05) is 6.07 Å². The van der Waals surface area contributed by atoms with Crippen LogP contribution in [-0.4, -0.2) is 71.3 Å². The van der Waals surface area contributed by atoms with Crippen LogP contribution in [0.1, 0.15) is 74.1 Å². The maximum Gasteiger partial charge on any atom is 0.496 e. The summed E-state index contributed by atoms with van der Waals surface area (Å²) in [5, 5.41) is 0. The largest absolute Gasteiger partial charge is 0.496 e. The van der Waals surface area contributed by atoms with Gasteiger partial charge in [0.1, 0.15) is 11.7 Å². The number of piperidine rings is 1. The van der Waals surface area contributed by atoms with Crippen LogP contribution < -0.4 is 10.2 Å². The van der Waals surface area contributed by atoms with E-state index in [1.807, 2.05) is 60.6 Å². The van der Waals surface area contributed by atoms with Crippen LogP contribution in [0.2, 0.25) is 0 Å². The molecule has 0 radical (unpaired) electrons. The van der Waals surface area contributed by atoms with Gasteiger partial charge in [-0.05, 0) is 67.4 Å². The fourth-order valence-corrected chi connectivity index (χ4v) is 4.25. The molecule has 0 spiro atoms. The molecule has 3 heterocycles. The maximum atomic E-state index is 12.2. The summed E-state index contributed by atoms with van der Waals surface area (Å²) in [7, 11) is -0.422. The van der Waals surface area contributed by atoms with Gasteiger partial charge in [-0.15, -0.1) is 0 Å². The minimum absolute atomic E-state index is 0.113. The third-order valence-corrected chi connectivity index (χ3v) is 7.10. The predicted molar refractivity (Wildman–Crippen MR) is 129 cm³/mol. The van der Waals surface area contributed by atoms with Gasteiger partial charge in [-0.2, -0.15) is 0 Å². The molecule has 1 amide bonds. The van der Waals surface area contributed by atoms with Crippen LogP contribution in [0.5, 0.6) is 5.88 Å². The molecule has 4 rings (SSSR count). The van der Waals surface area contributed by atoms with E-state index in [1.165, 1.54) is 0 Å². The first-order chi connectivity index (χ1) is 15.8. The molecular weight excluding hydrogens is 435 g/mol. The van der Waals surface area contributed by atoms with Gasteiger partial charge in [-0.25, -0.2) is 9.78 Å². The van der Waals surface area contributed by atoms with E-state index in [4.69, 9.17) is 23.5 Å². The van der Waals surface area contributed by atoms with Crippen LogP contribution in [0, 0.1) is 0 Å².